The van der Waals surface area contributed by atoms with Crippen LogP contribution in [0.3, 0.4) is 0 Å². The zero-order valence-electron chi connectivity index (χ0n) is 13.1. The summed E-state index contributed by atoms with van der Waals surface area (Å²) in [6, 6.07) is 3.07. The third-order valence-electron chi connectivity index (χ3n) is 4.79. The Kier molecular flexibility index (Phi) is 4.34. The largest absolute Gasteiger partial charge is 0.469 e. The Balaban J connectivity index is 1.54. The van der Waals surface area contributed by atoms with Crippen molar-refractivity contribution in [2.45, 2.75) is 58.0 Å². The van der Waals surface area contributed by atoms with Gasteiger partial charge in [-0.2, -0.15) is 0 Å². The molecule has 1 aliphatic heterocycles. The highest BCUT2D eigenvalue weighted by atomic mass is 16.3. The zero-order chi connectivity index (χ0) is 14.8. The second-order valence-electron chi connectivity index (χ2n) is 6.66. The first-order chi connectivity index (χ1) is 10.1. The minimum atomic E-state index is 0.112. The average Bonchev–Trinajstić information content (AvgIpc) is 2.97. The number of hydrogen-bond acceptors (Lipinski definition) is 3. The van der Waals surface area contributed by atoms with Gasteiger partial charge in [-0.25, -0.2) is 0 Å². The number of nitrogens with one attached hydrogen (secondary N) is 1. The van der Waals surface area contributed by atoms with Crippen molar-refractivity contribution in [2.75, 3.05) is 13.1 Å². The molecule has 1 amide bonds. The van der Waals surface area contributed by atoms with Crippen LogP contribution in [-0.2, 0) is 11.2 Å². The molecule has 1 saturated heterocycles. The maximum Gasteiger partial charge on any atom is 0.225 e. The van der Waals surface area contributed by atoms with Crippen LogP contribution < -0.4 is 5.32 Å². The second-order valence-corrected chi connectivity index (χ2v) is 6.66. The summed E-state index contributed by atoms with van der Waals surface area (Å²) in [5.74, 6) is 1.57. The van der Waals surface area contributed by atoms with E-state index in [2.05, 4.69) is 11.4 Å². The summed E-state index contributed by atoms with van der Waals surface area (Å²) >= 11 is 0. The van der Waals surface area contributed by atoms with Gasteiger partial charge >= 0.3 is 0 Å². The van der Waals surface area contributed by atoms with E-state index < -0.39 is 0 Å². The van der Waals surface area contributed by atoms with Crippen molar-refractivity contribution in [2.24, 2.45) is 5.92 Å². The molecule has 1 fully saturated rings. The third-order valence-corrected chi connectivity index (χ3v) is 4.79. The smallest absolute Gasteiger partial charge is 0.225 e. The topological polar surface area (TPSA) is 45.5 Å². The Hall–Kier alpha value is -1.29. The van der Waals surface area contributed by atoms with Crippen LogP contribution in [0.2, 0.25) is 0 Å². The molecule has 3 rings (SSSR count). The molecule has 1 aromatic rings. The zero-order valence-corrected chi connectivity index (χ0v) is 13.1. The van der Waals surface area contributed by atoms with Crippen LogP contribution in [0.25, 0.3) is 0 Å². The van der Waals surface area contributed by atoms with Gasteiger partial charge in [-0.15, -0.1) is 0 Å². The standard InChI is InChI=1S/C17H26N2O2/c1-12(2)17(20)19-9-6-13(7-10-19)18-15-4-3-5-16-14(15)8-11-21-16/h8,11-13,15,18H,3-7,9-10H2,1-2H3/t15-/m0/s1. The van der Waals surface area contributed by atoms with E-state index in [0.717, 1.165) is 38.1 Å². The molecule has 21 heavy (non-hydrogen) atoms. The number of amides is 1. The fourth-order valence-corrected chi connectivity index (χ4v) is 3.58. The highest BCUT2D eigenvalue weighted by Gasteiger charge is 2.28. The molecular weight excluding hydrogens is 264 g/mol. The summed E-state index contributed by atoms with van der Waals surface area (Å²) in [6.07, 6.45) is 7.39. The summed E-state index contributed by atoms with van der Waals surface area (Å²) in [5.41, 5.74) is 1.35. The van der Waals surface area contributed by atoms with E-state index in [9.17, 15) is 4.79 Å². The van der Waals surface area contributed by atoms with E-state index in [1.54, 1.807) is 0 Å². The van der Waals surface area contributed by atoms with Crippen LogP contribution in [0.15, 0.2) is 16.7 Å². The van der Waals surface area contributed by atoms with Gasteiger partial charge in [0.2, 0.25) is 5.91 Å². The second kappa shape index (κ2) is 6.22. The SMILES string of the molecule is CC(C)C(=O)N1CCC(N[C@H]2CCCc3occc32)CC1. The first-order valence-electron chi connectivity index (χ1n) is 8.26. The first kappa shape index (κ1) is 14.6. The van der Waals surface area contributed by atoms with E-state index in [1.807, 2.05) is 25.0 Å². The van der Waals surface area contributed by atoms with Crippen LogP contribution >= 0.6 is 0 Å². The maximum absolute atomic E-state index is 12.0. The van der Waals surface area contributed by atoms with Crippen LogP contribution in [0.5, 0.6) is 0 Å². The Labute approximate surface area is 126 Å². The third kappa shape index (κ3) is 3.15. The quantitative estimate of drug-likeness (QED) is 0.931. The van der Waals surface area contributed by atoms with Gasteiger partial charge in [0.05, 0.1) is 6.26 Å². The van der Waals surface area contributed by atoms with Crippen molar-refractivity contribution < 1.29 is 9.21 Å². The Morgan fingerprint density at radius 1 is 1.33 bits per heavy atom. The van der Waals surface area contributed by atoms with Crippen LogP contribution in [0, 0.1) is 5.92 Å². The lowest BCUT2D eigenvalue weighted by Gasteiger charge is -2.36. The number of carbonyl (C=O) groups is 1. The fraction of sp³-hybridized carbons (Fsp3) is 0.706. The summed E-state index contributed by atoms with van der Waals surface area (Å²) in [4.78, 5) is 14.0. The predicted molar refractivity (Wildman–Crippen MR) is 82.0 cm³/mol. The fourth-order valence-electron chi connectivity index (χ4n) is 3.58. The van der Waals surface area contributed by atoms with Crippen LogP contribution in [-0.4, -0.2) is 29.9 Å². The van der Waals surface area contributed by atoms with Crippen molar-refractivity contribution in [1.82, 2.24) is 10.2 Å². The first-order valence-corrected chi connectivity index (χ1v) is 8.26. The highest BCUT2D eigenvalue weighted by molar-refractivity contribution is 5.78. The average molecular weight is 290 g/mol. The number of furan rings is 1. The van der Waals surface area contributed by atoms with Gasteiger partial charge in [-0.05, 0) is 31.7 Å². The minimum absolute atomic E-state index is 0.112. The summed E-state index contributed by atoms with van der Waals surface area (Å²) in [7, 11) is 0. The van der Waals surface area contributed by atoms with Crippen LogP contribution in [0.4, 0.5) is 0 Å². The number of aryl methyl sites for hydroxylation is 1. The lowest BCUT2D eigenvalue weighted by Crippen LogP contribution is -2.47. The normalized spacial score (nSPS) is 23.4. The molecule has 0 unspecified atom stereocenters. The van der Waals surface area contributed by atoms with Crippen molar-refractivity contribution in [1.29, 1.82) is 0 Å². The number of fused-ring (bicyclic) bond motifs is 1. The van der Waals surface area contributed by atoms with Crippen molar-refractivity contribution in [3.63, 3.8) is 0 Å². The van der Waals surface area contributed by atoms with Crippen molar-refractivity contribution >= 4 is 5.91 Å². The van der Waals surface area contributed by atoms with Crippen molar-refractivity contribution in [3.8, 4) is 0 Å². The van der Waals surface area contributed by atoms with E-state index >= 15 is 0 Å². The molecule has 1 N–H and O–H groups in total. The van der Waals surface area contributed by atoms with E-state index in [4.69, 9.17) is 4.42 Å². The number of nitrogens with zero attached hydrogens (tertiary/aromatic N) is 1. The molecule has 4 heteroatoms. The Morgan fingerprint density at radius 3 is 2.81 bits per heavy atom. The number of piperidine rings is 1. The molecule has 2 heterocycles. The molecule has 1 aromatic heterocycles. The van der Waals surface area contributed by atoms with Gasteiger partial charge in [0.15, 0.2) is 0 Å². The van der Waals surface area contributed by atoms with E-state index in [1.165, 1.54) is 18.4 Å². The minimum Gasteiger partial charge on any atom is -0.469 e. The van der Waals surface area contributed by atoms with Gasteiger partial charge in [0.1, 0.15) is 5.76 Å². The van der Waals surface area contributed by atoms with Gasteiger partial charge in [-0.1, -0.05) is 13.8 Å². The highest BCUT2D eigenvalue weighted by Crippen LogP contribution is 2.31. The summed E-state index contributed by atoms with van der Waals surface area (Å²) in [5, 5.41) is 3.79. The Bertz CT molecular complexity index is 487. The van der Waals surface area contributed by atoms with Gasteiger partial charge < -0.3 is 14.6 Å². The molecule has 0 bridgehead atoms. The lowest BCUT2D eigenvalue weighted by molar-refractivity contribution is -0.135. The molecule has 116 valence electrons. The molecule has 0 aromatic carbocycles. The van der Waals surface area contributed by atoms with E-state index in [0.29, 0.717) is 18.0 Å². The van der Waals surface area contributed by atoms with Crippen LogP contribution in [0.1, 0.15) is 56.9 Å². The maximum atomic E-state index is 12.0. The summed E-state index contributed by atoms with van der Waals surface area (Å²) < 4.78 is 5.56. The number of hydrogen-bond donors (Lipinski definition) is 1. The molecular formula is C17H26N2O2. The number of carbonyl (C=O) groups excluding carboxylic acids is 1. The molecule has 2 aliphatic rings. The van der Waals surface area contributed by atoms with Gasteiger partial charge in [-0.3, -0.25) is 4.79 Å². The molecule has 0 radical (unpaired) electrons. The predicted octanol–water partition coefficient (Wildman–Crippen LogP) is 2.89. The lowest BCUT2D eigenvalue weighted by atomic mass is 9.91. The van der Waals surface area contributed by atoms with Gasteiger partial charge in [0.25, 0.3) is 0 Å². The van der Waals surface area contributed by atoms with E-state index in [-0.39, 0.29) is 5.92 Å². The summed E-state index contributed by atoms with van der Waals surface area (Å²) in [6.45, 7) is 5.74. The molecule has 1 atom stereocenters. The molecule has 4 nitrogen and oxygen atoms in total. The number of likely N-dealkylation sites (tertiary alicyclic amines) is 1. The molecule has 0 saturated carbocycles. The number of rotatable bonds is 3. The Morgan fingerprint density at radius 2 is 2.10 bits per heavy atom. The monoisotopic (exact) mass is 290 g/mol. The van der Waals surface area contributed by atoms with Gasteiger partial charge in [0, 0.05) is 43.1 Å². The molecule has 0 spiro atoms. The van der Waals surface area contributed by atoms with Crippen molar-refractivity contribution in [3.05, 3.63) is 23.7 Å². The molecule has 1 aliphatic carbocycles.